The molecule has 0 bridgehead atoms. The van der Waals surface area contributed by atoms with Crippen LogP contribution in [0.1, 0.15) is 43.9 Å². The van der Waals surface area contributed by atoms with Crippen molar-refractivity contribution in [1.29, 1.82) is 0 Å². The fraction of sp³-hybridized carbons (Fsp3) is 0.233. The van der Waals surface area contributed by atoms with Gasteiger partial charge in [0.2, 0.25) is 0 Å². The van der Waals surface area contributed by atoms with Crippen LogP contribution in [0.4, 0.5) is 0 Å². The average Bonchev–Trinajstić information content (AvgIpc) is 3.22. The maximum Gasteiger partial charge on any atom is 0.338 e. The van der Waals surface area contributed by atoms with E-state index in [1.807, 2.05) is 61.5 Å². The Morgan fingerprint density at radius 3 is 2.68 bits per heavy atom. The Hall–Kier alpha value is -3.49. The Bertz CT molecular complexity index is 1750. The van der Waals surface area contributed by atoms with Crippen LogP contribution < -0.4 is 19.6 Å². The summed E-state index contributed by atoms with van der Waals surface area (Å²) < 4.78 is 14.1. The molecule has 4 aromatic rings. The smallest absolute Gasteiger partial charge is 0.338 e. The van der Waals surface area contributed by atoms with Crippen molar-refractivity contribution < 1.29 is 14.3 Å². The number of allylic oxidation sites excluding steroid dienone is 1. The number of thiazole rings is 1. The maximum absolute atomic E-state index is 14.1. The van der Waals surface area contributed by atoms with Gasteiger partial charge in [-0.1, -0.05) is 83.1 Å². The number of methoxy groups -OCH3 is 1. The molecule has 0 radical (unpaired) electrons. The van der Waals surface area contributed by atoms with Gasteiger partial charge in [-0.3, -0.25) is 9.36 Å². The number of aromatic nitrogens is 1. The summed E-state index contributed by atoms with van der Waals surface area (Å²) in [7, 11) is 1.58. The number of carbonyl (C=O) groups is 1. The number of halogens is 1. The molecule has 0 saturated carbocycles. The number of hydrogen-bond acceptors (Lipinski definition) is 6. The van der Waals surface area contributed by atoms with Gasteiger partial charge in [0, 0.05) is 10.0 Å². The molecule has 6 nitrogen and oxygen atoms in total. The van der Waals surface area contributed by atoms with Crippen molar-refractivity contribution >= 4 is 50.1 Å². The lowest BCUT2D eigenvalue weighted by Crippen LogP contribution is -2.40. The topological polar surface area (TPSA) is 69.9 Å². The van der Waals surface area contributed by atoms with E-state index in [1.54, 1.807) is 18.6 Å². The van der Waals surface area contributed by atoms with Crippen molar-refractivity contribution in [3.05, 3.63) is 107 Å². The molecule has 0 unspecified atom stereocenters. The fourth-order valence-corrected chi connectivity index (χ4v) is 6.24. The Labute approximate surface area is 232 Å². The lowest BCUT2D eigenvalue weighted by molar-refractivity contribution is -0.139. The quantitative estimate of drug-likeness (QED) is 0.266. The van der Waals surface area contributed by atoms with E-state index in [0.717, 1.165) is 27.2 Å². The third-order valence-electron chi connectivity index (χ3n) is 6.49. The molecule has 8 heteroatoms. The summed E-state index contributed by atoms with van der Waals surface area (Å²) in [6.45, 7) is 4.03. The third-order valence-corrected chi connectivity index (χ3v) is 7.96. The number of benzene rings is 3. The summed E-state index contributed by atoms with van der Waals surface area (Å²) in [5.74, 6) is 0.0939. The molecule has 0 saturated heterocycles. The average molecular weight is 592 g/mol. The Kier molecular flexibility index (Phi) is 7.63. The molecule has 1 aromatic heterocycles. The van der Waals surface area contributed by atoms with Crippen LogP contribution >= 0.6 is 27.3 Å². The van der Waals surface area contributed by atoms with E-state index >= 15 is 0 Å². The summed E-state index contributed by atoms with van der Waals surface area (Å²) in [4.78, 5) is 32.9. The first kappa shape index (κ1) is 26.1. The molecule has 2 heterocycles. The Morgan fingerprint density at radius 1 is 1.13 bits per heavy atom. The van der Waals surface area contributed by atoms with Crippen LogP contribution in [0, 0.1) is 0 Å². The molecule has 1 atom stereocenters. The van der Waals surface area contributed by atoms with Gasteiger partial charge in [-0.05, 0) is 54.0 Å². The van der Waals surface area contributed by atoms with Crippen LogP contribution in [0.3, 0.4) is 0 Å². The van der Waals surface area contributed by atoms with Crippen molar-refractivity contribution in [2.75, 3.05) is 13.7 Å². The summed E-state index contributed by atoms with van der Waals surface area (Å²) in [6, 6.07) is 19.0. The van der Waals surface area contributed by atoms with E-state index in [0.29, 0.717) is 38.3 Å². The molecule has 0 aliphatic carbocycles. The molecular weight excluding hydrogens is 564 g/mol. The molecule has 0 fully saturated rings. The van der Waals surface area contributed by atoms with Crippen LogP contribution in [0.5, 0.6) is 5.75 Å². The van der Waals surface area contributed by atoms with Crippen molar-refractivity contribution in [2.24, 2.45) is 4.99 Å². The first-order chi connectivity index (χ1) is 18.5. The number of nitrogens with zero attached hydrogens (tertiary/aromatic N) is 2. The highest BCUT2D eigenvalue weighted by Gasteiger charge is 2.36. The van der Waals surface area contributed by atoms with E-state index in [2.05, 4.69) is 28.1 Å². The largest absolute Gasteiger partial charge is 0.496 e. The first-order valence-electron chi connectivity index (χ1n) is 12.5. The van der Waals surface area contributed by atoms with E-state index < -0.39 is 12.0 Å². The number of esters is 1. The first-order valence-corrected chi connectivity index (χ1v) is 14.1. The second-order valence-electron chi connectivity index (χ2n) is 8.87. The van der Waals surface area contributed by atoms with Crippen LogP contribution in [0.25, 0.3) is 16.8 Å². The van der Waals surface area contributed by atoms with Crippen molar-refractivity contribution in [3.63, 3.8) is 0 Å². The van der Waals surface area contributed by atoms with Gasteiger partial charge in [0.25, 0.3) is 5.56 Å². The van der Waals surface area contributed by atoms with Gasteiger partial charge in [0.1, 0.15) is 11.8 Å². The van der Waals surface area contributed by atoms with Gasteiger partial charge in [-0.2, -0.15) is 0 Å². The molecular formula is C30H27BrN2O4S. The van der Waals surface area contributed by atoms with Crippen LogP contribution in [0.2, 0.25) is 0 Å². The van der Waals surface area contributed by atoms with E-state index in [-0.39, 0.29) is 12.2 Å². The fourth-order valence-electron chi connectivity index (χ4n) is 4.85. The highest BCUT2D eigenvalue weighted by atomic mass is 79.9. The summed E-state index contributed by atoms with van der Waals surface area (Å²) in [5.41, 5.74) is 2.42. The minimum absolute atomic E-state index is 0.217. The number of ether oxygens (including phenoxy) is 2. The summed E-state index contributed by atoms with van der Waals surface area (Å²) in [6.07, 6.45) is 3.28. The molecule has 38 heavy (non-hydrogen) atoms. The van der Waals surface area contributed by atoms with Crippen molar-refractivity contribution in [3.8, 4) is 5.75 Å². The van der Waals surface area contributed by atoms with Crippen LogP contribution in [-0.2, 0) is 9.53 Å². The zero-order chi connectivity index (χ0) is 26.8. The SMILES string of the molecule is CCCC1=C(C(=O)OCC)[C@@H](c2cc(Br)ccc2OC)n2c(s/c(=C/c3cccc4ccccc34)c2=O)=N1. The van der Waals surface area contributed by atoms with E-state index in [1.165, 1.54) is 11.3 Å². The maximum atomic E-state index is 14.1. The molecule has 1 aliphatic heterocycles. The van der Waals surface area contributed by atoms with E-state index in [4.69, 9.17) is 14.5 Å². The molecule has 1 aliphatic rings. The van der Waals surface area contributed by atoms with Gasteiger partial charge in [-0.15, -0.1) is 0 Å². The van der Waals surface area contributed by atoms with Crippen molar-refractivity contribution in [2.45, 2.75) is 32.7 Å². The van der Waals surface area contributed by atoms with Crippen LogP contribution in [-0.4, -0.2) is 24.3 Å². The van der Waals surface area contributed by atoms with Crippen molar-refractivity contribution in [1.82, 2.24) is 4.57 Å². The Balaban J connectivity index is 1.82. The van der Waals surface area contributed by atoms with Gasteiger partial charge in [0.05, 0.1) is 29.5 Å². The van der Waals surface area contributed by atoms with Gasteiger partial charge < -0.3 is 9.47 Å². The predicted molar refractivity (Wildman–Crippen MR) is 154 cm³/mol. The third kappa shape index (κ3) is 4.74. The molecule has 0 amide bonds. The summed E-state index contributed by atoms with van der Waals surface area (Å²) in [5, 5.41) is 2.16. The molecule has 0 spiro atoms. The molecule has 5 rings (SSSR count). The normalized spacial score (nSPS) is 15.4. The highest BCUT2D eigenvalue weighted by molar-refractivity contribution is 9.10. The highest BCUT2D eigenvalue weighted by Crippen LogP contribution is 2.38. The number of hydrogen-bond donors (Lipinski definition) is 0. The minimum Gasteiger partial charge on any atom is -0.496 e. The Morgan fingerprint density at radius 2 is 1.92 bits per heavy atom. The molecule has 194 valence electrons. The molecule has 0 N–H and O–H groups in total. The lowest BCUT2D eigenvalue weighted by Gasteiger charge is -2.27. The zero-order valence-corrected chi connectivity index (χ0v) is 23.8. The van der Waals surface area contributed by atoms with Gasteiger partial charge in [0.15, 0.2) is 4.80 Å². The predicted octanol–water partition coefficient (Wildman–Crippen LogP) is 5.50. The number of carbonyl (C=O) groups excluding carboxylic acids is 1. The molecule has 3 aromatic carbocycles. The van der Waals surface area contributed by atoms with E-state index in [9.17, 15) is 9.59 Å². The second kappa shape index (κ2) is 11.1. The second-order valence-corrected chi connectivity index (χ2v) is 10.8. The number of rotatable bonds is 7. The lowest BCUT2D eigenvalue weighted by atomic mass is 9.93. The van der Waals surface area contributed by atoms with Gasteiger partial charge in [-0.25, -0.2) is 9.79 Å². The zero-order valence-electron chi connectivity index (χ0n) is 21.4. The van der Waals surface area contributed by atoms with Crippen LogP contribution in [0.15, 0.2) is 86.2 Å². The monoisotopic (exact) mass is 590 g/mol. The number of fused-ring (bicyclic) bond motifs is 2. The standard InChI is InChI=1S/C30H27BrN2O4S/c1-4-9-23-26(29(35)37-5-2)27(22-17-20(31)14-15-24(22)36-3)33-28(34)25(38-30(33)32-23)16-19-12-8-11-18-10-6-7-13-21(18)19/h6-8,10-17,27H,4-5,9H2,1-3H3/b25-16+/t27-/m1/s1. The summed E-state index contributed by atoms with van der Waals surface area (Å²) >= 11 is 4.88. The minimum atomic E-state index is -0.742. The van der Waals surface area contributed by atoms with Gasteiger partial charge >= 0.3 is 5.97 Å².